The summed E-state index contributed by atoms with van der Waals surface area (Å²) in [7, 11) is 0. The van der Waals surface area contributed by atoms with Gasteiger partial charge in [0.15, 0.2) is 0 Å². The highest BCUT2D eigenvalue weighted by atomic mass is 16.5. The zero-order valence-electron chi connectivity index (χ0n) is 10.1. The summed E-state index contributed by atoms with van der Waals surface area (Å²) in [5, 5.41) is 2.42. The van der Waals surface area contributed by atoms with Crippen molar-refractivity contribution in [3.8, 4) is 5.75 Å². The van der Waals surface area contributed by atoms with Crippen molar-refractivity contribution in [2.75, 3.05) is 5.32 Å². The lowest BCUT2D eigenvalue weighted by Crippen LogP contribution is -2.23. The molecule has 0 heterocycles. The number of carbonyl (C=O) groups is 2. The predicted octanol–water partition coefficient (Wildman–Crippen LogP) is 1.53. The van der Waals surface area contributed by atoms with E-state index in [9.17, 15) is 9.59 Å². The van der Waals surface area contributed by atoms with Gasteiger partial charge in [-0.05, 0) is 32.9 Å². The third kappa shape index (κ3) is 3.79. The summed E-state index contributed by atoms with van der Waals surface area (Å²) >= 11 is 0. The van der Waals surface area contributed by atoms with Crippen molar-refractivity contribution >= 4 is 18.0 Å². The SMILES string of the molecule is CC(C)(C)Oc1ccc(C(N)=O)c(NC=O)c1. The molecule has 0 unspecified atom stereocenters. The molecule has 5 nitrogen and oxygen atoms in total. The van der Waals surface area contributed by atoms with E-state index in [1.54, 1.807) is 12.1 Å². The first kappa shape index (κ1) is 13.0. The van der Waals surface area contributed by atoms with Gasteiger partial charge in [-0.3, -0.25) is 9.59 Å². The van der Waals surface area contributed by atoms with Gasteiger partial charge in [0.05, 0.1) is 11.3 Å². The monoisotopic (exact) mass is 236 g/mol. The normalized spacial score (nSPS) is 10.8. The van der Waals surface area contributed by atoms with Gasteiger partial charge < -0.3 is 15.8 Å². The van der Waals surface area contributed by atoms with E-state index in [0.29, 0.717) is 17.8 Å². The second-order valence-corrected chi connectivity index (χ2v) is 4.55. The zero-order chi connectivity index (χ0) is 13.1. The maximum atomic E-state index is 11.1. The zero-order valence-corrected chi connectivity index (χ0v) is 10.1. The van der Waals surface area contributed by atoms with Crippen LogP contribution in [0.15, 0.2) is 18.2 Å². The van der Waals surface area contributed by atoms with Crippen LogP contribution >= 0.6 is 0 Å². The van der Waals surface area contributed by atoms with Gasteiger partial charge >= 0.3 is 0 Å². The smallest absolute Gasteiger partial charge is 0.250 e. The molecule has 3 N–H and O–H groups in total. The van der Waals surface area contributed by atoms with Crippen molar-refractivity contribution in [1.29, 1.82) is 0 Å². The Morgan fingerprint density at radius 2 is 2.06 bits per heavy atom. The van der Waals surface area contributed by atoms with E-state index in [4.69, 9.17) is 10.5 Å². The summed E-state index contributed by atoms with van der Waals surface area (Å²) in [5.41, 5.74) is 5.42. The number of hydrogen-bond acceptors (Lipinski definition) is 3. The Balaban J connectivity index is 3.09. The van der Waals surface area contributed by atoms with Crippen LogP contribution in [-0.2, 0) is 4.79 Å². The van der Waals surface area contributed by atoms with Gasteiger partial charge in [-0.1, -0.05) is 0 Å². The topological polar surface area (TPSA) is 81.4 Å². The van der Waals surface area contributed by atoms with Gasteiger partial charge in [-0.15, -0.1) is 0 Å². The molecule has 0 bridgehead atoms. The van der Waals surface area contributed by atoms with Crippen molar-refractivity contribution in [1.82, 2.24) is 0 Å². The van der Waals surface area contributed by atoms with Gasteiger partial charge in [0, 0.05) is 6.07 Å². The van der Waals surface area contributed by atoms with Crippen LogP contribution in [0.5, 0.6) is 5.75 Å². The Bertz CT molecular complexity index is 436. The van der Waals surface area contributed by atoms with Crippen molar-refractivity contribution < 1.29 is 14.3 Å². The Kier molecular flexibility index (Phi) is 3.73. The van der Waals surface area contributed by atoms with E-state index in [2.05, 4.69) is 5.32 Å². The van der Waals surface area contributed by atoms with Gasteiger partial charge in [-0.25, -0.2) is 0 Å². The number of primary amides is 1. The van der Waals surface area contributed by atoms with Crippen LogP contribution in [0.2, 0.25) is 0 Å². The average molecular weight is 236 g/mol. The number of carbonyl (C=O) groups excluding carboxylic acids is 2. The highest BCUT2D eigenvalue weighted by Crippen LogP contribution is 2.25. The molecule has 2 amide bonds. The Labute approximate surface area is 99.9 Å². The quantitative estimate of drug-likeness (QED) is 0.778. The fraction of sp³-hybridized carbons (Fsp3) is 0.333. The molecule has 17 heavy (non-hydrogen) atoms. The van der Waals surface area contributed by atoms with Crippen LogP contribution in [0.4, 0.5) is 5.69 Å². The lowest BCUT2D eigenvalue weighted by molar-refractivity contribution is -0.105. The summed E-state index contributed by atoms with van der Waals surface area (Å²) in [6.45, 7) is 5.71. The van der Waals surface area contributed by atoms with Gasteiger partial charge in [0.1, 0.15) is 11.4 Å². The molecule has 0 saturated heterocycles. The second-order valence-electron chi connectivity index (χ2n) is 4.55. The van der Waals surface area contributed by atoms with Crippen molar-refractivity contribution in [3.63, 3.8) is 0 Å². The molecule has 1 rings (SSSR count). The van der Waals surface area contributed by atoms with E-state index < -0.39 is 5.91 Å². The number of anilines is 1. The maximum Gasteiger partial charge on any atom is 0.250 e. The Hall–Kier alpha value is -2.04. The third-order valence-corrected chi connectivity index (χ3v) is 1.89. The molecule has 0 fully saturated rings. The van der Waals surface area contributed by atoms with E-state index in [1.165, 1.54) is 6.07 Å². The standard InChI is InChI=1S/C12H16N2O3/c1-12(2,3)17-8-4-5-9(11(13)16)10(6-8)14-7-15/h4-7H,1-3H3,(H2,13,16)(H,14,15). The average Bonchev–Trinajstić information content (AvgIpc) is 2.15. The molecule has 1 aromatic rings. The summed E-state index contributed by atoms with van der Waals surface area (Å²) in [5.74, 6) is -0.0384. The molecule has 0 spiro atoms. The van der Waals surface area contributed by atoms with E-state index >= 15 is 0 Å². The largest absolute Gasteiger partial charge is 0.488 e. The molecule has 1 aromatic carbocycles. The van der Waals surface area contributed by atoms with Gasteiger partial charge in [0.2, 0.25) is 6.41 Å². The van der Waals surface area contributed by atoms with E-state index in [-0.39, 0.29) is 11.2 Å². The molecule has 92 valence electrons. The van der Waals surface area contributed by atoms with Crippen molar-refractivity contribution in [2.45, 2.75) is 26.4 Å². The molecule has 0 saturated carbocycles. The third-order valence-electron chi connectivity index (χ3n) is 1.89. The van der Waals surface area contributed by atoms with Crippen molar-refractivity contribution in [3.05, 3.63) is 23.8 Å². The number of ether oxygens (including phenoxy) is 1. The highest BCUT2D eigenvalue weighted by Gasteiger charge is 2.14. The molecule has 0 aliphatic rings. The van der Waals surface area contributed by atoms with Crippen LogP contribution in [0.25, 0.3) is 0 Å². The summed E-state index contributed by atoms with van der Waals surface area (Å²) in [4.78, 5) is 21.6. The lowest BCUT2D eigenvalue weighted by Gasteiger charge is -2.22. The number of nitrogens with one attached hydrogen (secondary N) is 1. The number of amides is 2. The first-order valence-corrected chi connectivity index (χ1v) is 5.16. The van der Waals surface area contributed by atoms with Crippen molar-refractivity contribution in [2.24, 2.45) is 5.73 Å². The molecule has 0 atom stereocenters. The Morgan fingerprint density at radius 1 is 1.41 bits per heavy atom. The number of hydrogen-bond donors (Lipinski definition) is 2. The fourth-order valence-electron chi connectivity index (χ4n) is 1.34. The molecule has 0 aliphatic carbocycles. The Morgan fingerprint density at radius 3 is 2.53 bits per heavy atom. The first-order chi connectivity index (χ1) is 7.83. The molecule has 5 heteroatoms. The van der Waals surface area contributed by atoms with Crippen LogP contribution in [-0.4, -0.2) is 17.9 Å². The van der Waals surface area contributed by atoms with Crippen LogP contribution in [0.3, 0.4) is 0 Å². The summed E-state index contributed by atoms with van der Waals surface area (Å²) < 4.78 is 5.62. The van der Waals surface area contributed by atoms with Crippen LogP contribution in [0.1, 0.15) is 31.1 Å². The minimum Gasteiger partial charge on any atom is -0.488 e. The number of nitrogens with two attached hydrogens (primary N) is 1. The summed E-state index contributed by atoms with van der Waals surface area (Å²) in [6, 6.07) is 4.73. The first-order valence-electron chi connectivity index (χ1n) is 5.16. The van der Waals surface area contributed by atoms with Crippen LogP contribution in [0, 0.1) is 0 Å². The minimum atomic E-state index is -0.600. The minimum absolute atomic E-state index is 0.248. The molecule has 0 radical (unpaired) electrons. The predicted molar refractivity (Wildman–Crippen MR) is 65.0 cm³/mol. The van der Waals surface area contributed by atoms with Gasteiger partial charge in [0.25, 0.3) is 5.91 Å². The second kappa shape index (κ2) is 4.86. The molecule has 0 aliphatic heterocycles. The van der Waals surface area contributed by atoms with E-state index in [1.807, 2.05) is 20.8 Å². The number of rotatable bonds is 4. The maximum absolute atomic E-state index is 11.1. The number of benzene rings is 1. The van der Waals surface area contributed by atoms with Crippen LogP contribution < -0.4 is 15.8 Å². The van der Waals surface area contributed by atoms with Gasteiger partial charge in [-0.2, -0.15) is 0 Å². The highest BCUT2D eigenvalue weighted by molar-refractivity contribution is 6.00. The molecular formula is C12H16N2O3. The molecule has 0 aromatic heterocycles. The molecular weight excluding hydrogens is 220 g/mol. The lowest BCUT2D eigenvalue weighted by atomic mass is 10.1. The van der Waals surface area contributed by atoms with E-state index in [0.717, 1.165) is 0 Å². The fourth-order valence-corrected chi connectivity index (χ4v) is 1.34. The summed E-state index contributed by atoms with van der Waals surface area (Å²) in [6.07, 6.45) is 0.489.